The van der Waals surface area contributed by atoms with Gasteiger partial charge in [-0.2, -0.15) is 10.3 Å². The predicted octanol–water partition coefficient (Wildman–Crippen LogP) is 4.66. The number of halogens is 3. The summed E-state index contributed by atoms with van der Waals surface area (Å²) in [6.45, 7) is 0. The molecule has 4 nitrogen and oxygen atoms in total. The van der Waals surface area contributed by atoms with Crippen LogP contribution in [0.4, 0.5) is 13.2 Å². The van der Waals surface area contributed by atoms with E-state index in [1.54, 1.807) is 30.1 Å². The number of thioether (sulfide) groups is 1. The van der Waals surface area contributed by atoms with Gasteiger partial charge in [0.2, 0.25) is 0 Å². The largest absolute Gasteiger partial charge is 0.573 e. The van der Waals surface area contributed by atoms with Gasteiger partial charge >= 0.3 is 6.36 Å². The lowest BCUT2D eigenvalue weighted by Gasteiger charge is -2.09. The predicted molar refractivity (Wildman–Crippen MR) is 84.5 cm³/mol. The van der Waals surface area contributed by atoms with Crippen LogP contribution in [0.25, 0.3) is 11.1 Å². The first-order valence-corrected chi connectivity index (χ1v) is 7.92. The Kier molecular flexibility index (Phi) is 4.75. The van der Waals surface area contributed by atoms with E-state index in [2.05, 4.69) is 20.1 Å². The number of hydrogen-bond acceptors (Lipinski definition) is 4. The maximum atomic E-state index is 12.1. The molecule has 1 heterocycles. The van der Waals surface area contributed by atoms with Crippen LogP contribution in [0.2, 0.25) is 0 Å². The molecule has 1 N–H and O–H groups in total. The van der Waals surface area contributed by atoms with Crippen molar-refractivity contribution in [1.82, 2.24) is 15.4 Å². The van der Waals surface area contributed by atoms with Crippen LogP contribution in [0.3, 0.4) is 0 Å². The summed E-state index contributed by atoms with van der Waals surface area (Å²) >= 11 is 1.56. The van der Waals surface area contributed by atoms with Crippen molar-refractivity contribution in [2.75, 3.05) is 0 Å². The molecule has 0 saturated carbocycles. The SMILES string of the molecule is FC(F)(F)Oc1ccc(-c2ccc(CSc3cn[nH]n3)cc2)cc1. The van der Waals surface area contributed by atoms with Gasteiger partial charge < -0.3 is 4.74 Å². The maximum absolute atomic E-state index is 12.1. The van der Waals surface area contributed by atoms with Crippen LogP contribution >= 0.6 is 11.8 Å². The van der Waals surface area contributed by atoms with E-state index in [4.69, 9.17) is 0 Å². The van der Waals surface area contributed by atoms with Crippen molar-refractivity contribution in [3.05, 3.63) is 60.3 Å². The second-order valence-electron chi connectivity index (χ2n) is 4.87. The zero-order valence-corrected chi connectivity index (χ0v) is 13.1. The highest BCUT2D eigenvalue weighted by atomic mass is 32.2. The number of aromatic nitrogens is 3. The van der Waals surface area contributed by atoms with Crippen LogP contribution in [0.1, 0.15) is 5.56 Å². The number of H-pyrrole nitrogens is 1. The van der Waals surface area contributed by atoms with E-state index in [-0.39, 0.29) is 5.75 Å². The van der Waals surface area contributed by atoms with Crippen LogP contribution in [0.15, 0.2) is 59.8 Å². The average molecular weight is 351 g/mol. The molecule has 24 heavy (non-hydrogen) atoms. The Morgan fingerprint density at radius 3 is 2.12 bits per heavy atom. The normalized spacial score (nSPS) is 11.5. The standard InChI is InChI=1S/C16H12F3N3OS/c17-16(18,19)23-14-7-5-13(6-8-14)12-3-1-11(2-4-12)10-24-15-9-20-22-21-15/h1-9H,10H2,(H,20,21,22). The number of rotatable bonds is 5. The minimum Gasteiger partial charge on any atom is -0.406 e. The number of aromatic amines is 1. The van der Waals surface area contributed by atoms with Crippen molar-refractivity contribution >= 4 is 11.8 Å². The third-order valence-corrected chi connectivity index (χ3v) is 4.12. The molecular formula is C16H12F3N3OS. The Hall–Kier alpha value is -2.48. The Labute approximate surface area is 140 Å². The molecule has 3 rings (SSSR count). The molecule has 3 aromatic rings. The summed E-state index contributed by atoms with van der Waals surface area (Å²) in [4.78, 5) is 0. The first-order chi connectivity index (χ1) is 11.5. The quantitative estimate of drug-likeness (QED) is 0.679. The highest BCUT2D eigenvalue weighted by Gasteiger charge is 2.30. The Morgan fingerprint density at radius 1 is 0.958 bits per heavy atom. The number of nitrogens with zero attached hydrogens (tertiary/aromatic N) is 2. The lowest BCUT2D eigenvalue weighted by Crippen LogP contribution is -2.16. The summed E-state index contributed by atoms with van der Waals surface area (Å²) in [5, 5.41) is 11.1. The molecule has 8 heteroatoms. The van der Waals surface area contributed by atoms with E-state index in [0.29, 0.717) is 0 Å². The van der Waals surface area contributed by atoms with Gasteiger partial charge in [0.1, 0.15) is 10.8 Å². The first kappa shape index (κ1) is 16.4. The third kappa shape index (κ3) is 4.51. The molecule has 0 fully saturated rings. The minimum absolute atomic E-state index is 0.230. The zero-order chi connectivity index (χ0) is 17.0. The Morgan fingerprint density at radius 2 is 1.58 bits per heavy atom. The van der Waals surface area contributed by atoms with Gasteiger partial charge in [-0.05, 0) is 28.8 Å². The van der Waals surface area contributed by atoms with E-state index in [0.717, 1.165) is 27.5 Å². The molecule has 0 bridgehead atoms. The molecule has 0 unspecified atom stereocenters. The van der Waals surface area contributed by atoms with Crippen LogP contribution < -0.4 is 4.74 Å². The second-order valence-corrected chi connectivity index (χ2v) is 5.86. The molecular weight excluding hydrogens is 339 g/mol. The van der Waals surface area contributed by atoms with Crippen LogP contribution in [0.5, 0.6) is 5.75 Å². The van der Waals surface area contributed by atoms with Crippen molar-refractivity contribution in [2.45, 2.75) is 17.1 Å². The smallest absolute Gasteiger partial charge is 0.406 e. The van der Waals surface area contributed by atoms with Gasteiger partial charge in [0, 0.05) is 5.75 Å². The van der Waals surface area contributed by atoms with E-state index in [1.807, 2.05) is 24.3 Å². The lowest BCUT2D eigenvalue weighted by atomic mass is 10.0. The molecule has 0 amide bonds. The number of benzene rings is 2. The van der Waals surface area contributed by atoms with Gasteiger partial charge in [0.15, 0.2) is 0 Å². The molecule has 0 aliphatic rings. The van der Waals surface area contributed by atoms with Gasteiger partial charge in [-0.15, -0.1) is 18.3 Å². The number of alkyl halides is 3. The first-order valence-electron chi connectivity index (χ1n) is 6.93. The van der Waals surface area contributed by atoms with Gasteiger partial charge in [0.05, 0.1) is 6.20 Å². The number of hydrogen-bond donors (Lipinski definition) is 1. The highest BCUT2D eigenvalue weighted by Crippen LogP contribution is 2.27. The Balaban J connectivity index is 1.64. The Bertz CT molecular complexity index is 772. The summed E-state index contributed by atoms with van der Waals surface area (Å²) in [5.74, 6) is 0.525. The molecule has 1 aromatic heterocycles. The van der Waals surface area contributed by atoms with Gasteiger partial charge in [-0.25, -0.2) is 0 Å². The van der Waals surface area contributed by atoms with Gasteiger partial charge in [-0.3, -0.25) is 0 Å². The fourth-order valence-corrected chi connectivity index (χ4v) is 2.80. The van der Waals surface area contributed by atoms with Crippen LogP contribution in [-0.2, 0) is 5.75 Å². The van der Waals surface area contributed by atoms with E-state index in [1.165, 1.54) is 12.1 Å². The molecule has 0 aliphatic heterocycles. The van der Waals surface area contributed by atoms with E-state index >= 15 is 0 Å². The zero-order valence-electron chi connectivity index (χ0n) is 12.2. The topological polar surface area (TPSA) is 50.8 Å². The third-order valence-electron chi connectivity index (χ3n) is 3.15. The lowest BCUT2D eigenvalue weighted by molar-refractivity contribution is -0.274. The molecule has 0 aliphatic carbocycles. The van der Waals surface area contributed by atoms with Gasteiger partial charge in [0.25, 0.3) is 0 Å². The van der Waals surface area contributed by atoms with Crippen LogP contribution in [-0.4, -0.2) is 21.8 Å². The molecule has 0 atom stereocenters. The summed E-state index contributed by atoms with van der Waals surface area (Å²) in [6.07, 6.45) is -3.02. The minimum atomic E-state index is -4.68. The van der Waals surface area contributed by atoms with E-state index < -0.39 is 6.36 Å². The highest BCUT2D eigenvalue weighted by molar-refractivity contribution is 7.98. The van der Waals surface area contributed by atoms with Crippen LogP contribution in [0, 0.1) is 0 Å². The van der Waals surface area contributed by atoms with Crippen molar-refractivity contribution in [2.24, 2.45) is 0 Å². The fraction of sp³-hybridized carbons (Fsp3) is 0.125. The summed E-state index contributed by atoms with van der Waals surface area (Å²) in [6, 6.07) is 13.6. The fourth-order valence-electron chi connectivity index (χ4n) is 2.06. The van der Waals surface area contributed by atoms with Crippen molar-refractivity contribution in [3.63, 3.8) is 0 Å². The summed E-state index contributed by atoms with van der Waals surface area (Å²) < 4.78 is 40.3. The molecule has 0 spiro atoms. The molecule has 2 aromatic carbocycles. The van der Waals surface area contributed by atoms with Crippen molar-refractivity contribution in [1.29, 1.82) is 0 Å². The molecule has 0 saturated heterocycles. The average Bonchev–Trinajstić information content (AvgIpc) is 3.06. The summed E-state index contributed by atoms with van der Waals surface area (Å²) in [7, 11) is 0. The molecule has 124 valence electrons. The van der Waals surface area contributed by atoms with E-state index in [9.17, 15) is 13.2 Å². The van der Waals surface area contributed by atoms with Crippen molar-refractivity contribution < 1.29 is 17.9 Å². The molecule has 0 radical (unpaired) electrons. The monoisotopic (exact) mass is 351 g/mol. The maximum Gasteiger partial charge on any atom is 0.573 e. The summed E-state index contributed by atoms with van der Waals surface area (Å²) in [5.41, 5.74) is 2.85. The number of nitrogens with one attached hydrogen (secondary N) is 1. The van der Waals surface area contributed by atoms with Gasteiger partial charge in [-0.1, -0.05) is 48.2 Å². The second kappa shape index (κ2) is 6.96. The number of ether oxygens (including phenoxy) is 1. The van der Waals surface area contributed by atoms with Crippen molar-refractivity contribution in [3.8, 4) is 16.9 Å².